The largest absolute Gasteiger partial charge is 0.269 e. The second-order valence-electron chi connectivity index (χ2n) is 4.11. The molecule has 3 heteroatoms. The topological polar surface area (TPSA) is 0 Å². The fourth-order valence-electron chi connectivity index (χ4n) is 2.18. The number of rotatable bonds is 2. The van der Waals surface area contributed by atoms with Gasteiger partial charge in [-0.15, -0.1) is 40.6 Å². The zero-order chi connectivity index (χ0) is 10.8. The second-order valence-corrected chi connectivity index (χ2v) is 4.11. The molecule has 0 aliphatic carbocycles. The molecule has 0 saturated carbocycles. The molecule has 19 heavy (non-hydrogen) atoms. The van der Waals surface area contributed by atoms with E-state index < -0.39 is 0 Å². The quantitative estimate of drug-likeness (QED) is 0.483. The fourth-order valence-corrected chi connectivity index (χ4v) is 2.18. The Balaban J connectivity index is 0.00000108. The third kappa shape index (κ3) is 3.79. The van der Waals surface area contributed by atoms with Crippen molar-refractivity contribution in [3.05, 3.63) is 77.9 Å². The Morgan fingerprint density at radius 2 is 1.37 bits per heavy atom. The third-order valence-electron chi connectivity index (χ3n) is 3.01. The summed E-state index contributed by atoms with van der Waals surface area (Å²) < 4.78 is 0. The standard InChI is InChI=1S/C16H13.2FH.Ti/c1-2-6-13(7-3-1)12-15-11-10-14-8-4-5-9-16(14)15;;;/h1-11H,12H2;2*1H;/q-1;;;. The molecule has 0 spiro atoms. The van der Waals surface area contributed by atoms with Crippen molar-refractivity contribution in [3.63, 3.8) is 0 Å². The number of benzene rings is 2. The Bertz CT molecular complexity index is 602. The van der Waals surface area contributed by atoms with Gasteiger partial charge in [0.2, 0.25) is 0 Å². The van der Waals surface area contributed by atoms with E-state index in [9.17, 15) is 0 Å². The molecule has 0 bridgehead atoms. The third-order valence-corrected chi connectivity index (χ3v) is 3.01. The molecule has 0 heterocycles. The van der Waals surface area contributed by atoms with Crippen LogP contribution < -0.4 is 0 Å². The van der Waals surface area contributed by atoms with Gasteiger partial charge in [-0.1, -0.05) is 42.0 Å². The maximum absolute atomic E-state index is 2.23. The summed E-state index contributed by atoms with van der Waals surface area (Å²) in [5.41, 5.74) is 2.79. The average molecular weight is 293 g/mol. The molecule has 3 aromatic carbocycles. The van der Waals surface area contributed by atoms with E-state index in [1.807, 2.05) is 0 Å². The molecule has 0 atom stereocenters. The molecular formula is C16H15F2Ti-. The first-order chi connectivity index (χ1) is 7.93. The van der Waals surface area contributed by atoms with Crippen molar-refractivity contribution in [2.24, 2.45) is 0 Å². The van der Waals surface area contributed by atoms with Crippen LogP contribution >= 0.6 is 0 Å². The summed E-state index contributed by atoms with van der Waals surface area (Å²) in [7, 11) is 0. The van der Waals surface area contributed by atoms with Gasteiger partial charge in [-0.2, -0.15) is 6.07 Å². The zero-order valence-corrected chi connectivity index (χ0v) is 11.9. The minimum Gasteiger partial charge on any atom is -0.269 e. The summed E-state index contributed by atoms with van der Waals surface area (Å²) >= 11 is 0. The Hall–Kier alpha value is -1.38. The van der Waals surface area contributed by atoms with Gasteiger partial charge in [0.05, 0.1) is 0 Å². The molecule has 0 saturated heterocycles. The maximum atomic E-state index is 2.23. The number of hydrogen-bond acceptors (Lipinski definition) is 0. The van der Waals surface area contributed by atoms with Crippen molar-refractivity contribution >= 4 is 10.8 Å². The van der Waals surface area contributed by atoms with Gasteiger partial charge in [0.15, 0.2) is 0 Å². The summed E-state index contributed by atoms with van der Waals surface area (Å²) in [4.78, 5) is 0. The van der Waals surface area contributed by atoms with Crippen molar-refractivity contribution in [2.75, 3.05) is 0 Å². The molecule has 0 unspecified atom stereocenters. The van der Waals surface area contributed by atoms with E-state index in [0.29, 0.717) is 0 Å². The first-order valence-corrected chi connectivity index (χ1v) is 5.61. The Morgan fingerprint density at radius 1 is 0.737 bits per heavy atom. The van der Waals surface area contributed by atoms with Gasteiger partial charge in [0, 0.05) is 21.7 Å². The van der Waals surface area contributed by atoms with Crippen LogP contribution in [-0.2, 0) is 28.1 Å². The summed E-state index contributed by atoms with van der Waals surface area (Å²) in [6, 6.07) is 23.6. The minimum atomic E-state index is 0. The predicted molar refractivity (Wildman–Crippen MR) is 73.8 cm³/mol. The van der Waals surface area contributed by atoms with E-state index in [1.54, 1.807) is 0 Å². The number of hydrogen-bond donors (Lipinski definition) is 0. The van der Waals surface area contributed by atoms with Crippen molar-refractivity contribution in [2.45, 2.75) is 6.42 Å². The molecule has 0 fully saturated rings. The molecule has 0 aliphatic heterocycles. The van der Waals surface area contributed by atoms with E-state index in [0.717, 1.165) is 6.42 Å². The number of fused-ring (bicyclic) bond motifs is 1. The summed E-state index contributed by atoms with van der Waals surface area (Å²) in [6.45, 7) is 0. The van der Waals surface area contributed by atoms with Crippen LogP contribution in [-0.4, -0.2) is 0 Å². The van der Waals surface area contributed by atoms with Crippen LogP contribution in [0.1, 0.15) is 11.1 Å². The van der Waals surface area contributed by atoms with Gasteiger partial charge < -0.3 is 0 Å². The van der Waals surface area contributed by atoms with Crippen LogP contribution in [0.4, 0.5) is 9.41 Å². The van der Waals surface area contributed by atoms with E-state index in [2.05, 4.69) is 66.7 Å². The van der Waals surface area contributed by atoms with E-state index in [4.69, 9.17) is 0 Å². The maximum Gasteiger partial charge on any atom is 0 e. The summed E-state index contributed by atoms with van der Waals surface area (Å²) in [6.07, 6.45) is 1.02. The van der Waals surface area contributed by atoms with Gasteiger partial charge in [-0.25, -0.2) is 0 Å². The van der Waals surface area contributed by atoms with E-state index >= 15 is 0 Å². The van der Waals surface area contributed by atoms with Crippen molar-refractivity contribution in [3.8, 4) is 0 Å². The van der Waals surface area contributed by atoms with E-state index in [-0.39, 0.29) is 31.1 Å². The van der Waals surface area contributed by atoms with Gasteiger partial charge in [0.1, 0.15) is 0 Å². The van der Waals surface area contributed by atoms with Crippen LogP contribution in [0, 0.1) is 0 Å². The predicted octanol–water partition coefficient (Wildman–Crippen LogP) is 4.45. The first kappa shape index (κ1) is 17.6. The molecular weight excluding hydrogens is 278 g/mol. The normalized spacial score (nSPS) is 9.05. The Labute approximate surface area is 126 Å². The second kappa shape index (κ2) is 7.93. The van der Waals surface area contributed by atoms with Crippen LogP contribution in [0.3, 0.4) is 0 Å². The molecule has 0 aromatic heterocycles. The number of halogens is 2. The molecule has 98 valence electrons. The molecule has 0 amide bonds. The summed E-state index contributed by atoms with van der Waals surface area (Å²) in [5, 5.41) is 2.72. The van der Waals surface area contributed by atoms with Crippen molar-refractivity contribution in [1.82, 2.24) is 0 Å². The van der Waals surface area contributed by atoms with Crippen molar-refractivity contribution < 1.29 is 31.1 Å². The first-order valence-electron chi connectivity index (χ1n) is 5.61. The van der Waals surface area contributed by atoms with Crippen LogP contribution in [0.2, 0.25) is 0 Å². The van der Waals surface area contributed by atoms with Crippen molar-refractivity contribution in [1.29, 1.82) is 0 Å². The average Bonchev–Trinajstić information content (AvgIpc) is 2.74. The molecule has 0 nitrogen and oxygen atoms in total. The molecule has 3 aromatic rings. The van der Waals surface area contributed by atoms with Gasteiger partial charge >= 0.3 is 0 Å². The van der Waals surface area contributed by atoms with Crippen LogP contribution in [0.15, 0.2) is 66.7 Å². The SMILES string of the molecule is F.F.[Ti].c1ccc(C[c-]2ccc3ccccc32)cc1. The van der Waals surface area contributed by atoms with E-state index in [1.165, 1.54) is 21.9 Å². The fraction of sp³-hybridized carbons (Fsp3) is 0.0625. The molecule has 0 N–H and O–H groups in total. The minimum absolute atomic E-state index is 0. The van der Waals surface area contributed by atoms with Gasteiger partial charge in [-0.05, 0) is 6.42 Å². The monoisotopic (exact) mass is 293 g/mol. The van der Waals surface area contributed by atoms with Crippen LogP contribution in [0.25, 0.3) is 10.8 Å². The zero-order valence-electron chi connectivity index (χ0n) is 10.4. The smallest absolute Gasteiger partial charge is 0 e. The molecule has 3 rings (SSSR count). The molecule has 0 aliphatic rings. The summed E-state index contributed by atoms with van der Waals surface area (Å²) in [5.74, 6) is 0. The van der Waals surface area contributed by atoms with Gasteiger partial charge in [-0.3, -0.25) is 9.41 Å². The molecule has 0 radical (unpaired) electrons. The van der Waals surface area contributed by atoms with Gasteiger partial charge in [0.25, 0.3) is 0 Å². The Morgan fingerprint density at radius 3 is 2.11 bits per heavy atom. The Kier molecular flexibility index (Phi) is 7.35. The van der Waals surface area contributed by atoms with Crippen LogP contribution in [0.5, 0.6) is 0 Å².